The highest BCUT2D eigenvalue weighted by molar-refractivity contribution is 7.07. The number of thiazole rings is 1. The van der Waals surface area contributed by atoms with Crippen LogP contribution < -0.4 is 19.6 Å². The van der Waals surface area contributed by atoms with Gasteiger partial charge < -0.3 is 19.0 Å². The molecule has 0 fully saturated rings. The number of ether oxygens (including phenoxy) is 2. The maximum atomic E-state index is 13.9. The van der Waals surface area contributed by atoms with Crippen LogP contribution in [0.4, 0.5) is 0 Å². The van der Waals surface area contributed by atoms with Crippen molar-refractivity contribution in [3.63, 3.8) is 0 Å². The standard InChI is InChI=1S/C32H30N2O7S/c1-6-39-21-12-10-20(11-13-21)28-27(31(38)40-17(2)3)19(5)33-32-34(28)29(35)26(42-32)16-22-14-15-25(41-22)23-8-7-9-24(18(23)4)30(36)37/h7-17,28H,6H2,1-5H3,(H,36,37)/b26-16+/t28-/m0/s1. The van der Waals surface area contributed by atoms with Gasteiger partial charge in [-0.15, -0.1) is 0 Å². The van der Waals surface area contributed by atoms with Crippen molar-refractivity contribution in [2.75, 3.05) is 6.61 Å². The molecule has 1 N–H and O–H groups in total. The summed E-state index contributed by atoms with van der Waals surface area (Å²) >= 11 is 1.19. The minimum atomic E-state index is -1.02. The van der Waals surface area contributed by atoms with Crippen LogP contribution >= 0.6 is 11.3 Å². The molecule has 9 nitrogen and oxygen atoms in total. The number of allylic oxidation sites excluding steroid dienone is 1. The average molecular weight is 587 g/mol. The highest BCUT2D eigenvalue weighted by Crippen LogP contribution is 2.32. The Hall–Kier alpha value is -4.70. The van der Waals surface area contributed by atoms with Crippen LogP contribution in [0.15, 0.2) is 80.1 Å². The minimum absolute atomic E-state index is 0.190. The highest BCUT2D eigenvalue weighted by atomic mass is 32.1. The van der Waals surface area contributed by atoms with E-state index in [0.29, 0.717) is 61.2 Å². The second-order valence-electron chi connectivity index (χ2n) is 10.0. The molecule has 42 heavy (non-hydrogen) atoms. The normalized spacial score (nSPS) is 15.0. The first-order valence-corrected chi connectivity index (χ1v) is 14.3. The Bertz CT molecular complexity index is 1890. The van der Waals surface area contributed by atoms with E-state index in [1.807, 2.05) is 19.1 Å². The summed E-state index contributed by atoms with van der Waals surface area (Å²) in [4.78, 5) is 43.8. The monoisotopic (exact) mass is 586 g/mol. The second kappa shape index (κ2) is 11.7. The van der Waals surface area contributed by atoms with Gasteiger partial charge in [0.25, 0.3) is 5.56 Å². The number of nitrogens with zero attached hydrogens (tertiary/aromatic N) is 2. The number of benzene rings is 2. The number of carboxylic acid groups (broad SMARTS) is 1. The Morgan fingerprint density at radius 3 is 2.52 bits per heavy atom. The van der Waals surface area contributed by atoms with Crippen molar-refractivity contribution in [1.29, 1.82) is 0 Å². The first-order chi connectivity index (χ1) is 20.1. The van der Waals surface area contributed by atoms with Crippen molar-refractivity contribution in [3.8, 4) is 17.1 Å². The van der Waals surface area contributed by atoms with E-state index in [0.717, 1.165) is 0 Å². The second-order valence-corrected chi connectivity index (χ2v) is 11.0. The van der Waals surface area contributed by atoms with Crippen molar-refractivity contribution < 1.29 is 28.6 Å². The molecule has 2 aromatic carbocycles. The van der Waals surface area contributed by atoms with Gasteiger partial charge >= 0.3 is 11.9 Å². The number of rotatable bonds is 8. The molecule has 0 saturated heterocycles. The van der Waals surface area contributed by atoms with E-state index < -0.39 is 18.0 Å². The van der Waals surface area contributed by atoms with Crippen LogP contribution in [0.25, 0.3) is 17.4 Å². The topological polar surface area (TPSA) is 120 Å². The fourth-order valence-electron chi connectivity index (χ4n) is 4.93. The Labute approximate surface area is 245 Å². The number of carboxylic acids is 1. The van der Waals surface area contributed by atoms with Gasteiger partial charge in [0.05, 0.1) is 40.1 Å². The number of aromatic nitrogens is 1. The van der Waals surface area contributed by atoms with Crippen molar-refractivity contribution in [1.82, 2.24) is 4.57 Å². The highest BCUT2D eigenvalue weighted by Gasteiger charge is 2.34. The van der Waals surface area contributed by atoms with E-state index >= 15 is 0 Å². The first-order valence-electron chi connectivity index (χ1n) is 13.5. The molecule has 1 atom stereocenters. The number of fused-ring (bicyclic) bond motifs is 1. The molecule has 216 valence electrons. The van der Waals surface area contributed by atoms with Crippen molar-refractivity contribution in [2.24, 2.45) is 4.99 Å². The van der Waals surface area contributed by atoms with Gasteiger partial charge in [0.1, 0.15) is 17.3 Å². The smallest absolute Gasteiger partial charge is 0.338 e. The maximum absolute atomic E-state index is 13.9. The molecule has 0 bridgehead atoms. The van der Waals surface area contributed by atoms with E-state index in [-0.39, 0.29) is 17.2 Å². The van der Waals surface area contributed by atoms with Gasteiger partial charge in [-0.2, -0.15) is 0 Å². The molecule has 1 aliphatic heterocycles. The third-order valence-electron chi connectivity index (χ3n) is 6.82. The zero-order chi connectivity index (χ0) is 30.1. The third kappa shape index (κ3) is 5.45. The lowest BCUT2D eigenvalue weighted by Gasteiger charge is -2.25. The van der Waals surface area contributed by atoms with Gasteiger partial charge in [0, 0.05) is 11.6 Å². The van der Waals surface area contributed by atoms with Crippen LogP contribution in [0, 0.1) is 6.92 Å². The largest absolute Gasteiger partial charge is 0.494 e. The fourth-order valence-corrected chi connectivity index (χ4v) is 5.95. The molecule has 0 amide bonds. The lowest BCUT2D eigenvalue weighted by atomic mass is 9.96. The number of furan rings is 1. The molecule has 10 heteroatoms. The van der Waals surface area contributed by atoms with Gasteiger partial charge in [0.15, 0.2) is 4.80 Å². The lowest BCUT2D eigenvalue weighted by molar-refractivity contribution is -0.143. The number of esters is 1. The predicted octanol–water partition coefficient (Wildman–Crippen LogP) is 4.85. The van der Waals surface area contributed by atoms with Crippen LogP contribution in [-0.4, -0.2) is 34.3 Å². The van der Waals surface area contributed by atoms with Gasteiger partial charge in [-0.25, -0.2) is 14.6 Å². The first kappa shape index (κ1) is 28.8. The fraction of sp³-hybridized carbons (Fsp3) is 0.250. The number of aromatic carboxylic acids is 1. The summed E-state index contributed by atoms with van der Waals surface area (Å²) in [6, 6.07) is 15.0. The molecule has 0 saturated carbocycles. The summed E-state index contributed by atoms with van der Waals surface area (Å²) in [5.74, 6) is 0.0309. The lowest BCUT2D eigenvalue weighted by Crippen LogP contribution is -2.40. The van der Waals surface area contributed by atoms with Crippen molar-refractivity contribution in [2.45, 2.75) is 46.8 Å². The summed E-state index contributed by atoms with van der Waals surface area (Å²) in [6.45, 7) is 9.41. The van der Waals surface area contributed by atoms with Gasteiger partial charge in [-0.05, 0) is 76.1 Å². The Morgan fingerprint density at radius 2 is 1.86 bits per heavy atom. The average Bonchev–Trinajstić information content (AvgIpc) is 3.52. The van der Waals surface area contributed by atoms with Crippen molar-refractivity contribution in [3.05, 3.63) is 108 Å². The van der Waals surface area contributed by atoms with E-state index in [9.17, 15) is 19.5 Å². The predicted molar refractivity (Wildman–Crippen MR) is 158 cm³/mol. The molecule has 0 radical (unpaired) electrons. The van der Waals surface area contributed by atoms with Crippen molar-refractivity contribution >= 4 is 29.4 Å². The van der Waals surface area contributed by atoms with Crippen LogP contribution in [-0.2, 0) is 9.53 Å². The van der Waals surface area contributed by atoms with Crippen LogP contribution in [0.3, 0.4) is 0 Å². The van der Waals surface area contributed by atoms with Gasteiger partial charge in [-0.1, -0.05) is 35.6 Å². The Kier molecular flexibility index (Phi) is 8.00. The van der Waals surface area contributed by atoms with E-state index in [1.165, 1.54) is 15.9 Å². The van der Waals surface area contributed by atoms with E-state index in [2.05, 4.69) is 4.99 Å². The minimum Gasteiger partial charge on any atom is -0.494 e. The molecular formula is C32H30N2O7S. The Balaban J connectivity index is 1.61. The molecular weight excluding hydrogens is 556 g/mol. The molecule has 4 aromatic rings. The van der Waals surface area contributed by atoms with Crippen LogP contribution in [0.5, 0.6) is 5.75 Å². The van der Waals surface area contributed by atoms with E-state index in [4.69, 9.17) is 13.9 Å². The number of hydrogen-bond donors (Lipinski definition) is 1. The van der Waals surface area contributed by atoms with Crippen LogP contribution in [0.1, 0.15) is 61.0 Å². The number of hydrogen-bond acceptors (Lipinski definition) is 8. The van der Waals surface area contributed by atoms with Gasteiger partial charge in [-0.3, -0.25) is 9.36 Å². The molecule has 0 unspecified atom stereocenters. The summed E-state index contributed by atoms with van der Waals surface area (Å²) in [5.41, 5.74) is 2.57. The maximum Gasteiger partial charge on any atom is 0.338 e. The molecule has 0 spiro atoms. The quantitative estimate of drug-likeness (QED) is 0.293. The van der Waals surface area contributed by atoms with Crippen LogP contribution in [0.2, 0.25) is 0 Å². The number of carbonyl (C=O) groups excluding carboxylic acids is 1. The number of carbonyl (C=O) groups is 2. The van der Waals surface area contributed by atoms with Gasteiger partial charge in [0.2, 0.25) is 0 Å². The zero-order valence-corrected chi connectivity index (χ0v) is 24.7. The summed E-state index contributed by atoms with van der Waals surface area (Å²) in [7, 11) is 0. The summed E-state index contributed by atoms with van der Waals surface area (Å²) in [6.07, 6.45) is 1.28. The Morgan fingerprint density at radius 1 is 1.12 bits per heavy atom. The molecule has 1 aliphatic rings. The zero-order valence-electron chi connectivity index (χ0n) is 23.8. The molecule has 0 aliphatic carbocycles. The SMILES string of the molecule is CCOc1ccc([C@H]2C(C(=O)OC(C)C)=C(C)N=c3s/c(=C/c4ccc(-c5cccc(C(=O)O)c5C)o4)c(=O)n32)cc1. The summed E-state index contributed by atoms with van der Waals surface area (Å²) in [5, 5.41) is 9.48. The molecule has 5 rings (SSSR count). The van der Waals surface area contributed by atoms with E-state index in [1.54, 1.807) is 76.2 Å². The molecule has 3 heterocycles. The molecule has 2 aromatic heterocycles. The summed E-state index contributed by atoms with van der Waals surface area (Å²) < 4.78 is 19.1. The third-order valence-corrected chi connectivity index (χ3v) is 7.80.